The van der Waals surface area contributed by atoms with Gasteiger partial charge in [-0.1, -0.05) is 6.08 Å². The number of rotatable bonds is 15. The summed E-state index contributed by atoms with van der Waals surface area (Å²) in [7, 11) is -3.60. The highest BCUT2D eigenvalue weighted by molar-refractivity contribution is 7.59. The van der Waals surface area contributed by atoms with Crippen LogP contribution in [0.5, 0.6) is 0 Å². The predicted octanol–water partition coefficient (Wildman–Crippen LogP) is 1.78. The van der Waals surface area contributed by atoms with Crippen LogP contribution in [0.15, 0.2) is 24.0 Å². The van der Waals surface area contributed by atoms with Gasteiger partial charge in [0.05, 0.1) is 19.5 Å². The average molecular weight is 595 g/mol. The molecule has 0 amide bonds. The molecule has 1 aliphatic heterocycles. The van der Waals surface area contributed by atoms with Crippen LogP contribution in [0.25, 0.3) is 0 Å². The number of carbonyl (C=O) groups excluding carboxylic acids is 2. The van der Waals surface area contributed by atoms with Gasteiger partial charge in [0.25, 0.3) is 0 Å². The first kappa shape index (κ1) is 31.2. The second kappa shape index (κ2) is 13.5. The van der Waals surface area contributed by atoms with E-state index in [1.165, 1.54) is 0 Å². The molecule has 228 valence electrons. The SMILES string of the molecule is C=CCN=C1NC(C)(N)Nc2c1ncn2CCOCP(=O)(NC(C)C(=O)OC1CCC1)NC(C)C(=O)OC1CCC1. The number of ether oxygens (including phenoxy) is 3. The minimum atomic E-state index is -3.60. The highest BCUT2D eigenvalue weighted by Gasteiger charge is 2.35. The van der Waals surface area contributed by atoms with Gasteiger partial charge in [-0.2, -0.15) is 0 Å². The quantitative estimate of drug-likeness (QED) is 0.0860. The zero-order chi connectivity index (χ0) is 29.6. The molecule has 0 aromatic carbocycles. The fraction of sp³-hybridized carbons (Fsp3) is 0.692. The number of fused-ring (bicyclic) bond motifs is 1. The summed E-state index contributed by atoms with van der Waals surface area (Å²) in [6.07, 6.45) is 8.19. The molecule has 15 heteroatoms. The Hall–Kier alpha value is -2.77. The summed E-state index contributed by atoms with van der Waals surface area (Å²) in [6, 6.07) is -1.75. The van der Waals surface area contributed by atoms with E-state index in [1.807, 2.05) is 4.57 Å². The predicted molar refractivity (Wildman–Crippen MR) is 154 cm³/mol. The van der Waals surface area contributed by atoms with Gasteiger partial charge >= 0.3 is 11.9 Å². The molecule has 14 nitrogen and oxygen atoms in total. The number of aromatic nitrogens is 2. The maximum atomic E-state index is 14.0. The summed E-state index contributed by atoms with van der Waals surface area (Å²) in [5, 5.41) is 12.0. The van der Waals surface area contributed by atoms with Crippen molar-refractivity contribution in [3.63, 3.8) is 0 Å². The first-order chi connectivity index (χ1) is 19.5. The smallest absolute Gasteiger partial charge is 0.323 e. The number of hydrogen-bond donors (Lipinski definition) is 5. The maximum absolute atomic E-state index is 14.0. The minimum Gasteiger partial charge on any atom is -0.461 e. The number of hydrogen-bond acceptors (Lipinski definition) is 10. The number of carbonyl (C=O) groups is 2. The molecular weight excluding hydrogens is 551 g/mol. The van der Waals surface area contributed by atoms with Crippen LogP contribution in [-0.4, -0.2) is 76.9 Å². The molecule has 0 bridgehead atoms. The zero-order valence-electron chi connectivity index (χ0n) is 24.1. The monoisotopic (exact) mass is 594 g/mol. The maximum Gasteiger partial charge on any atom is 0.323 e. The highest BCUT2D eigenvalue weighted by atomic mass is 31.2. The van der Waals surface area contributed by atoms with Crippen LogP contribution in [0.1, 0.15) is 65.0 Å². The molecule has 4 rings (SSSR count). The Morgan fingerprint density at radius 3 is 2.29 bits per heavy atom. The lowest BCUT2D eigenvalue weighted by molar-refractivity contribution is -0.155. The molecule has 0 radical (unpaired) electrons. The number of nitrogens with one attached hydrogen (secondary N) is 4. The van der Waals surface area contributed by atoms with Gasteiger partial charge in [-0.3, -0.25) is 24.9 Å². The zero-order valence-corrected chi connectivity index (χ0v) is 25.0. The van der Waals surface area contributed by atoms with E-state index in [0.29, 0.717) is 30.4 Å². The van der Waals surface area contributed by atoms with E-state index in [0.717, 1.165) is 38.5 Å². The summed E-state index contributed by atoms with van der Waals surface area (Å²) >= 11 is 0. The van der Waals surface area contributed by atoms with Gasteiger partial charge in [-0.25, -0.2) is 15.2 Å². The van der Waals surface area contributed by atoms with Crippen LogP contribution in [0.2, 0.25) is 0 Å². The topological polar surface area (TPSA) is 183 Å². The molecular formula is C26H43N8O6P. The number of aliphatic imine (C=N–C) groups is 1. The van der Waals surface area contributed by atoms with Crippen molar-refractivity contribution in [2.75, 3.05) is 24.8 Å². The molecule has 41 heavy (non-hydrogen) atoms. The third-order valence-electron chi connectivity index (χ3n) is 7.13. The first-order valence-corrected chi connectivity index (χ1v) is 16.1. The molecule has 2 saturated carbocycles. The number of nitrogens with zero attached hydrogens (tertiary/aromatic N) is 3. The Balaban J connectivity index is 1.38. The van der Waals surface area contributed by atoms with Gasteiger partial charge in [-0.15, -0.1) is 6.58 Å². The van der Waals surface area contributed by atoms with Gasteiger partial charge in [0.2, 0.25) is 7.44 Å². The van der Waals surface area contributed by atoms with E-state index in [4.69, 9.17) is 19.9 Å². The van der Waals surface area contributed by atoms with E-state index in [2.05, 4.69) is 37.4 Å². The van der Waals surface area contributed by atoms with E-state index in [-0.39, 0.29) is 25.2 Å². The summed E-state index contributed by atoms with van der Waals surface area (Å²) < 4.78 is 32.6. The molecule has 6 N–H and O–H groups in total. The van der Waals surface area contributed by atoms with Crippen molar-refractivity contribution < 1.29 is 28.4 Å². The van der Waals surface area contributed by atoms with Crippen LogP contribution in [0.3, 0.4) is 0 Å². The van der Waals surface area contributed by atoms with Crippen molar-refractivity contribution in [3.05, 3.63) is 24.7 Å². The molecule has 2 heterocycles. The summed E-state index contributed by atoms with van der Waals surface area (Å²) in [5.41, 5.74) is 6.90. The average Bonchev–Trinajstić information content (AvgIpc) is 3.25. The van der Waals surface area contributed by atoms with Gasteiger partial charge in [-0.05, 0) is 59.3 Å². The van der Waals surface area contributed by atoms with E-state index >= 15 is 0 Å². The van der Waals surface area contributed by atoms with Crippen molar-refractivity contribution in [1.29, 1.82) is 0 Å². The lowest BCUT2D eigenvalue weighted by Crippen LogP contribution is -2.62. The van der Waals surface area contributed by atoms with Gasteiger partial charge < -0.3 is 29.4 Å². The number of imidazole rings is 1. The molecule has 0 saturated heterocycles. The van der Waals surface area contributed by atoms with E-state index < -0.39 is 37.3 Å². The van der Waals surface area contributed by atoms with Gasteiger partial charge in [0, 0.05) is 6.54 Å². The Morgan fingerprint density at radius 2 is 1.78 bits per heavy atom. The lowest BCUT2D eigenvalue weighted by Gasteiger charge is -2.34. The third kappa shape index (κ3) is 8.39. The van der Waals surface area contributed by atoms with Crippen molar-refractivity contribution in [1.82, 2.24) is 25.0 Å². The van der Waals surface area contributed by atoms with Gasteiger partial charge in [0.1, 0.15) is 42.2 Å². The van der Waals surface area contributed by atoms with Crippen LogP contribution < -0.4 is 26.5 Å². The van der Waals surface area contributed by atoms with Crippen molar-refractivity contribution >= 4 is 31.0 Å². The number of anilines is 1. The van der Waals surface area contributed by atoms with Crippen LogP contribution >= 0.6 is 7.44 Å². The van der Waals surface area contributed by atoms with E-state index in [9.17, 15) is 14.2 Å². The minimum absolute atomic E-state index is 0.102. The summed E-state index contributed by atoms with van der Waals surface area (Å²) in [5.74, 6) is -0.732. The second-order valence-corrected chi connectivity index (χ2v) is 13.3. The highest BCUT2D eigenvalue weighted by Crippen LogP contribution is 2.38. The van der Waals surface area contributed by atoms with Crippen LogP contribution in [-0.2, 0) is 34.9 Å². The molecule has 1 aromatic heterocycles. The number of esters is 2. The summed E-state index contributed by atoms with van der Waals surface area (Å²) in [6.45, 7) is 9.56. The van der Waals surface area contributed by atoms with Crippen LogP contribution in [0.4, 0.5) is 5.82 Å². The Morgan fingerprint density at radius 1 is 1.20 bits per heavy atom. The molecule has 2 aliphatic carbocycles. The van der Waals surface area contributed by atoms with Crippen molar-refractivity contribution in [2.24, 2.45) is 10.7 Å². The lowest BCUT2D eigenvalue weighted by atomic mass is 9.96. The largest absolute Gasteiger partial charge is 0.461 e. The van der Waals surface area contributed by atoms with E-state index in [1.54, 1.807) is 33.2 Å². The second-order valence-electron chi connectivity index (χ2n) is 11.0. The first-order valence-electron chi connectivity index (χ1n) is 14.2. The summed E-state index contributed by atoms with van der Waals surface area (Å²) in [4.78, 5) is 34.1. The fourth-order valence-corrected chi connectivity index (χ4v) is 6.49. The molecule has 3 unspecified atom stereocenters. The van der Waals surface area contributed by atoms with Crippen molar-refractivity contribution in [3.8, 4) is 0 Å². The van der Waals surface area contributed by atoms with Crippen molar-refractivity contribution in [2.45, 2.75) is 95.9 Å². The van der Waals surface area contributed by atoms with Gasteiger partial charge in [0.15, 0.2) is 11.6 Å². The standard InChI is InChI=1S/C26H43N8O6P/c1-5-12-28-22-21-23(31-26(4,27)30-22)34(15-29-21)13-14-38-16-41(37,32-17(2)24(35)39-19-8-6-9-19)33-18(3)25(36)40-20-10-7-11-20/h5,15,17-20,31H,1,6-14,16,27H2,2-4H3,(H,28,30)(H2,32,33,37). The Labute approximate surface area is 240 Å². The number of nitrogens with two attached hydrogens (primary N) is 1. The Bertz CT molecular complexity index is 1140. The fourth-order valence-electron chi connectivity index (χ4n) is 4.42. The Kier molecular flexibility index (Phi) is 10.2. The molecule has 3 atom stereocenters. The normalized spacial score (nSPS) is 24.4. The third-order valence-corrected chi connectivity index (χ3v) is 9.28. The molecule has 2 fully saturated rings. The molecule has 3 aliphatic rings. The molecule has 0 spiro atoms. The van der Waals surface area contributed by atoms with Crippen LogP contribution in [0, 0.1) is 0 Å². The number of amidine groups is 1. The molecule has 1 aromatic rings.